The number of carbonyl (C=O) groups is 2. The first-order chi connectivity index (χ1) is 12.7. The number of halogens is 2. The number of nitrogens with one attached hydrogen (secondary N) is 1. The number of ether oxygens (including phenoxy) is 1. The zero-order valence-electron chi connectivity index (χ0n) is 16.0. The number of hydrogen-bond acceptors (Lipinski definition) is 5. The summed E-state index contributed by atoms with van der Waals surface area (Å²) in [6.07, 6.45) is 1.53. The van der Waals surface area contributed by atoms with Gasteiger partial charge in [0, 0.05) is 12.8 Å². The Morgan fingerprint density at radius 1 is 1.33 bits per heavy atom. The van der Waals surface area contributed by atoms with Crippen molar-refractivity contribution < 1.29 is 18.7 Å². The van der Waals surface area contributed by atoms with Gasteiger partial charge in [-0.2, -0.15) is 5.10 Å². The zero-order chi connectivity index (χ0) is 20.1. The highest BCUT2D eigenvalue weighted by Gasteiger charge is 2.25. The van der Waals surface area contributed by atoms with Crippen molar-refractivity contribution in [2.45, 2.75) is 33.6 Å². The summed E-state index contributed by atoms with van der Waals surface area (Å²) in [5.74, 6) is -1.58. The molecule has 1 aromatic carbocycles. The highest BCUT2D eigenvalue weighted by atomic mass is 79.9. The summed E-state index contributed by atoms with van der Waals surface area (Å²) in [6, 6.07) is 2.73. The Hall–Kier alpha value is -1.80. The van der Waals surface area contributed by atoms with Gasteiger partial charge in [0.05, 0.1) is 15.7 Å². The normalized spacial score (nSPS) is 16.5. The number of hydrogen-bond donors (Lipinski definition) is 1. The third-order valence-electron chi connectivity index (χ3n) is 4.48. The minimum atomic E-state index is -0.574. The Kier molecular flexibility index (Phi) is 7.49. The SMILES string of the molecule is CC(=O)Oc1c(Br)ccc(F)c1/C(=N\NC(=O)C1CCN(C)CC1)C(C)C. The van der Waals surface area contributed by atoms with Crippen LogP contribution in [0.15, 0.2) is 21.7 Å². The Labute approximate surface area is 167 Å². The van der Waals surface area contributed by atoms with E-state index in [0.717, 1.165) is 25.9 Å². The molecule has 1 aromatic rings. The Balaban J connectivity index is 2.32. The molecule has 2 rings (SSSR count). The number of nitrogens with zero attached hydrogens (tertiary/aromatic N) is 2. The van der Waals surface area contributed by atoms with Gasteiger partial charge in [0.25, 0.3) is 0 Å². The molecule has 0 aromatic heterocycles. The van der Waals surface area contributed by atoms with Crippen LogP contribution < -0.4 is 10.2 Å². The quantitative estimate of drug-likeness (QED) is 0.329. The molecule has 148 valence electrons. The highest BCUT2D eigenvalue weighted by Crippen LogP contribution is 2.33. The molecule has 0 atom stereocenters. The number of esters is 1. The Bertz CT molecular complexity index is 744. The summed E-state index contributed by atoms with van der Waals surface area (Å²) >= 11 is 3.28. The van der Waals surface area contributed by atoms with Crippen LogP contribution in [0.25, 0.3) is 0 Å². The van der Waals surface area contributed by atoms with Gasteiger partial charge in [-0.25, -0.2) is 9.82 Å². The summed E-state index contributed by atoms with van der Waals surface area (Å²) in [6.45, 7) is 6.62. The van der Waals surface area contributed by atoms with Gasteiger partial charge >= 0.3 is 5.97 Å². The third-order valence-corrected chi connectivity index (χ3v) is 5.11. The van der Waals surface area contributed by atoms with E-state index in [4.69, 9.17) is 4.74 Å². The fourth-order valence-electron chi connectivity index (χ4n) is 2.97. The van der Waals surface area contributed by atoms with Crippen LogP contribution in [0.1, 0.15) is 39.2 Å². The molecule has 0 aliphatic carbocycles. The van der Waals surface area contributed by atoms with E-state index in [1.54, 1.807) is 0 Å². The number of likely N-dealkylation sites (tertiary alicyclic amines) is 1. The van der Waals surface area contributed by atoms with E-state index in [0.29, 0.717) is 10.2 Å². The monoisotopic (exact) mass is 441 g/mol. The summed E-state index contributed by atoms with van der Waals surface area (Å²) in [7, 11) is 2.02. The summed E-state index contributed by atoms with van der Waals surface area (Å²) in [5.41, 5.74) is 2.96. The van der Waals surface area contributed by atoms with Gasteiger partial charge in [-0.15, -0.1) is 0 Å². The first kappa shape index (κ1) is 21.5. The van der Waals surface area contributed by atoms with E-state index in [-0.39, 0.29) is 29.1 Å². The predicted molar refractivity (Wildman–Crippen MR) is 105 cm³/mol. The van der Waals surface area contributed by atoms with Crippen molar-refractivity contribution in [3.8, 4) is 5.75 Å². The van der Waals surface area contributed by atoms with E-state index < -0.39 is 11.8 Å². The van der Waals surface area contributed by atoms with E-state index in [2.05, 4.69) is 31.4 Å². The van der Waals surface area contributed by atoms with Crippen LogP contribution in [0.2, 0.25) is 0 Å². The molecular weight excluding hydrogens is 417 g/mol. The second-order valence-corrected chi connectivity index (χ2v) is 7.89. The van der Waals surface area contributed by atoms with Crippen molar-refractivity contribution in [2.24, 2.45) is 16.9 Å². The van der Waals surface area contributed by atoms with Crippen LogP contribution >= 0.6 is 15.9 Å². The number of carbonyl (C=O) groups excluding carboxylic acids is 2. The summed E-state index contributed by atoms with van der Waals surface area (Å²) in [5, 5.41) is 4.21. The van der Waals surface area contributed by atoms with Crippen molar-refractivity contribution in [1.82, 2.24) is 10.3 Å². The van der Waals surface area contributed by atoms with Crippen molar-refractivity contribution >= 4 is 33.5 Å². The summed E-state index contributed by atoms with van der Waals surface area (Å²) < 4.78 is 20.2. The molecule has 0 bridgehead atoms. The molecular formula is C19H25BrFN3O3. The van der Waals surface area contributed by atoms with Crippen molar-refractivity contribution in [3.63, 3.8) is 0 Å². The van der Waals surface area contributed by atoms with Crippen molar-refractivity contribution in [3.05, 3.63) is 28.0 Å². The van der Waals surface area contributed by atoms with Gasteiger partial charge in [0.2, 0.25) is 5.91 Å². The molecule has 6 nitrogen and oxygen atoms in total. The number of amides is 1. The number of rotatable bonds is 5. The Morgan fingerprint density at radius 2 is 1.96 bits per heavy atom. The maximum absolute atomic E-state index is 14.6. The maximum Gasteiger partial charge on any atom is 0.308 e. The molecule has 1 heterocycles. The molecule has 0 radical (unpaired) electrons. The van der Waals surface area contributed by atoms with Gasteiger partial charge in [-0.1, -0.05) is 13.8 Å². The molecule has 1 saturated heterocycles. The fraction of sp³-hybridized carbons (Fsp3) is 0.526. The first-order valence-electron chi connectivity index (χ1n) is 8.93. The van der Waals surface area contributed by atoms with Gasteiger partial charge in [0.1, 0.15) is 5.82 Å². The number of piperidine rings is 1. The van der Waals surface area contributed by atoms with E-state index in [1.807, 2.05) is 20.9 Å². The standard InChI is InChI=1S/C19H25BrFN3O3/c1-11(2)17(22-23-19(26)13-7-9-24(4)10-8-13)16-15(21)6-5-14(20)18(16)27-12(3)25/h5-6,11,13H,7-10H2,1-4H3,(H,23,26)/b22-17-. The van der Waals surface area contributed by atoms with Gasteiger partial charge < -0.3 is 9.64 Å². The molecule has 0 spiro atoms. The molecule has 1 aliphatic rings. The van der Waals surface area contributed by atoms with Crippen LogP contribution in [-0.2, 0) is 9.59 Å². The molecule has 8 heteroatoms. The molecule has 1 fully saturated rings. The first-order valence-corrected chi connectivity index (χ1v) is 9.72. The predicted octanol–water partition coefficient (Wildman–Crippen LogP) is 3.33. The maximum atomic E-state index is 14.6. The van der Waals surface area contributed by atoms with E-state index in [9.17, 15) is 14.0 Å². The average Bonchev–Trinajstić information content (AvgIpc) is 2.60. The van der Waals surface area contributed by atoms with Crippen LogP contribution in [0, 0.1) is 17.7 Å². The highest BCUT2D eigenvalue weighted by molar-refractivity contribution is 9.10. The average molecular weight is 442 g/mol. The molecule has 1 N–H and O–H groups in total. The van der Waals surface area contributed by atoms with Crippen molar-refractivity contribution in [1.29, 1.82) is 0 Å². The minimum Gasteiger partial charge on any atom is -0.425 e. The number of hydrazone groups is 1. The second-order valence-electron chi connectivity index (χ2n) is 7.03. The lowest BCUT2D eigenvalue weighted by atomic mass is 9.96. The Morgan fingerprint density at radius 3 is 2.52 bits per heavy atom. The molecule has 1 aliphatic heterocycles. The van der Waals surface area contributed by atoms with Gasteiger partial charge in [-0.05, 0) is 67.0 Å². The van der Waals surface area contributed by atoms with Crippen molar-refractivity contribution in [2.75, 3.05) is 20.1 Å². The van der Waals surface area contributed by atoms with Crippen LogP contribution in [-0.4, -0.2) is 42.6 Å². The largest absolute Gasteiger partial charge is 0.425 e. The van der Waals surface area contributed by atoms with Gasteiger partial charge in [0.15, 0.2) is 5.75 Å². The summed E-state index contributed by atoms with van der Waals surface area (Å²) in [4.78, 5) is 26.1. The molecule has 1 amide bonds. The molecule has 27 heavy (non-hydrogen) atoms. The van der Waals surface area contributed by atoms with Crippen LogP contribution in [0.4, 0.5) is 4.39 Å². The lowest BCUT2D eigenvalue weighted by Gasteiger charge is -2.27. The van der Waals surface area contributed by atoms with Crippen LogP contribution in [0.3, 0.4) is 0 Å². The topological polar surface area (TPSA) is 71.0 Å². The zero-order valence-corrected chi connectivity index (χ0v) is 17.6. The smallest absolute Gasteiger partial charge is 0.308 e. The second kappa shape index (κ2) is 9.41. The van der Waals surface area contributed by atoms with Gasteiger partial charge in [-0.3, -0.25) is 9.59 Å². The molecule has 0 saturated carbocycles. The molecule has 0 unspecified atom stereocenters. The van der Waals surface area contributed by atoms with E-state index in [1.165, 1.54) is 19.1 Å². The lowest BCUT2D eigenvalue weighted by molar-refractivity contribution is -0.132. The van der Waals surface area contributed by atoms with E-state index >= 15 is 0 Å². The third kappa shape index (κ3) is 5.59. The fourth-order valence-corrected chi connectivity index (χ4v) is 3.38. The van der Waals surface area contributed by atoms with Crippen LogP contribution in [0.5, 0.6) is 5.75 Å². The lowest BCUT2D eigenvalue weighted by Crippen LogP contribution is -2.38. The minimum absolute atomic E-state index is 0.0588. The number of benzene rings is 1.